The fraction of sp³-hybridized carbons (Fsp3) is 0.375. The minimum atomic E-state index is -1.04. The third-order valence-electron chi connectivity index (χ3n) is 6.30. The molecule has 3 atom stereocenters. The maximum Gasteiger partial charge on any atom is 0.269 e. The fourth-order valence-corrected chi connectivity index (χ4v) is 4.63. The van der Waals surface area contributed by atoms with E-state index in [9.17, 15) is 24.5 Å². The number of amides is 3. The van der Waals surface area contributed by atoms with E-state index in [-0.39, 0.29) is 35.2 Å². The van der Waals surface area contributed by atoms with E-state index in [0.29, 0.717) is 11.5 Å². The third kappa shape index (κ3) is 4.26. The average molecular weight is 435 g/mol. The highest BCUT2D eigenvalue weighted by molar-refractivity contribution is 6.22. The van der Waals surface area contributed by atoms with E-state index in [0.717, 1.165) is 30.6 Å². The highest BCUT2D eigenvalue weighted by Gasteiger charge is 2.43. The van der Waals surface area contributed by atoms with Crippen molar-refractivity contribution in [1.82, 2.24) is 10.2 Å². The van der Waals surface area contributed by atoms with Crippen LogP contribution in [-0.2, 0) is 11.2 Å². The molecular weight excluding hydrogens is 410 g/mol. The number of hydrogen-bond acceptors (Lipinski definition) is 5. The summed E-state index contributed by atoms with van der Waals surface area (Å²) in [6.07, 6.45) is 3.95. The van der Waals surface area contributed by atoms with Crippen LogP contribution in [0.2, 0.25) is 0 Å². The van der Waals surface area contributed by atoms with Gasteiger partial charge in [0.1, 0.15) is 6.04 Å². The Kier molecular flexibility index (Phi) is 6.03. The quantitative estimate of drug-likeness (QED) is 0.424. The summed E-state index contributed by atoms with van der Waals surface area (Å²) in [5.74, 6) is -0.868. The summed E-state index contributed by atoms with van der Waals surface area (Å²) in [6, 6.07) is 11.3. The number of carbonyl (C=O) groups is 3. The van der Waals surface area contributed by atoms with Crippen molar-refractivity contribution < 1.29 is 19.3 Å². The standard InChI is InChI=1S/C24H25N3O5/c1-15-5-4-6-17(13-15)25-22(28)21(14-16-9-11-18(12-10-16)27(31)32)26-23(29)19-7-2-3-8-20(19)24(26)30/h2-3,7-12,15,17,21H,4-6,13-14H2,1H3,(H,25,28)/t15-,17-,21-/m1/s1. The zero-order valence-electron chi connectivity index (χ0n) is 17.8. The number of rotatable bonds is 6. The molecule has 0 saturated heterocycles. The summed E-state index contributed by atoms with van der Waals surface area (Å²) in [6.45, 7) is 2.15. The lowest BCUT2D eigenvalue weighted by Crippen LogP contribution is -2.53. The first-order valence-electron chi connectivity index (χ1n) is 10.9. The Labute approximate surface area is 185 Å². The summed E-state index contributed by atoms with van der Waals surface area (Å²) < 4.78 is 0. The van der Waals surface area contributed by atoms with Gasteiger partial charge in [0.2, 0.25) is 5.91 Å². The molecule has 1 heterocycles. The van der Waals surface area contributed by atoms with Gasteiger partial charge >= 0.3 is 0 Å². The van der Waals surface area contributed by atoms with Crippen LogP contribution in [0, 0.1) is 16.0 Å². The Balaban J connectivity index is 1.62. The van der Waals surface area contributed by atoms with Gasteiger partial charge in [-0.25, -0.2) is 0 Å². The van der Waals surface area contributed by atoms with Crippen LogP contribution in [0.5, 0.6) is 0 Å². The molecule has 4 rings (SSSR count). The SMILES string of the molecule is C[C@@H]1CCC[C@@H](NC(=O)[C@@H](Cc2ccc([N+](=O)[O-])cc2)N2C(=O)c3ccccc3C2=O)C1. The van der Waals surface area contributed by atoms with E-state index in [2.05, 4.69) is 12.2 Å². The minimum absolute atomic E-state index is 0.000734. The Hall–Kier alpha value is -3.55. The van der Waals surface area contributed by atoms with Gasteiger partial charge in [-0.05, 0) is 36.5 Å². The summed E-state index contributed by atoms with van der Waals surface area (Å²) >= 11 is 0. The second-order valence-electron chi connectivity index (χ2n) is 8.65. The van der Waals surface area contributed by atoms with Crippen LogP contribution in [0.15, 0.2) is 48.5 Å². The minimum Gasteiger partial charge on any atom is -0.352 e. The average Bonchev–Trinajstić information content (AvgIpc) is 3.03. The van der Waals surface area contributed by atoms with Gasteiger partial charge in [0.25, 0.3) is 17.5 Å². The summed E-state index contributed by atoms with van der Waals surface area (Å²) in [5, 5.41) is 14.0. The largest absolute Gasteiger partial charge is 0.352 e. The van der Waals surface area contributed by atoms with Gasteiger partial charge < -0.3 is 5.32 Å². The molecule has 2 aromatic rings. The second kappa shape index (κ2) is 8.90. The van der Waals surface area contributed by atoms with Crippen LogP contribution in [0.3, 0.4) is 0 Å². The molecule has 0 unspecified atom stereocenters. The van der Waals surface area contributed by atoms with Crippen LogP contribution in [0.25, 0.3) is 0 Å². The first-order chi connectivity index (χ1) is 15.3. The van der Waals surface area contributed by atoms with Crippen molar-refractivity contribution in [2.75, 3.05) is 0 Å². The summed E-state index contributed by atoms with van der Waals surface area (Å²) in [7, 11) is 0. The number of fused-ring (bicyclic) bond motifs is 1. The summed E-state index contributed by atoms with van der Waals surface area (Å²) in [5.41, 5.74) is 1.13. The molecule has 1 aliphatic heterocycles. The van der Waals surface area contributed by atoms with Gasteiger partial charge in [-0.3, -0.25) is 29.4 Å². The lowest BCUT2D eigenvalue weighted by Gasteiger charge is -2.31. The molecule has 32 heavy (non-hydrogen) atoms. The number of carbonyl (C=O) groups excluding carboxylic acids is 3. The van der Waals surface area contributed by atoms with E-state index in [1.54, 1.807) is 36.4 Å². The molecule has 166 valence electrons. The first kappa shape index (κ1) is 21.7. The van der Waals surface area contributed by atoms with Crippen molar-refractivity contribution in [2.24, 2.45) is 5.92 Å². The molecular formula is C24H25N3O5. The highest BCUT2D eigenvalue weighted by atomic mass is 16.6. The molecule has 2 aromatic carbocycles. The van der Waals surface area contributed by atoms with E-state index in [1.165, 1.54) is 12.1 Å². The van der Waals surface area contributed by atoms with E-state index in [4.69, 9.17) is 0 Å². The molecule has 0 spiro atoms. The normalized spacial score (nSPS) is 21.2. The predicted octanol–water partition coefficient (Wildman–Crippen LogP) is 3.50. The number of nitro groups is 1. The molecule has 0 aromatic heterocycles. The van der Waals surface area contributed by atoms with Crippen LogP contribution < -0.4 is 5.32 Å². The zero-order chi connectivity index (χ0) is 22.8. The Morgan fingerprint density at radius 2 is 1.72 bits per heavy atom. The Morgan fingerprint density at radius 1 is 1.09 bits per heavy atom. The number of nitro benzene ring substituents is 1. The Morgan fingerprint density at radius 3 is 2.28 bits per heavy atom. The second-order valence-corrected chi connectivity index (χ2v) is 8.65. The van der Waals surface area contributed by atoms with Gasteiger partial charge in [0.05, 0.1) is 16.1 Å². The topological polar surface area (TPSA) is 110 Å². The predicted molar refractivity (Wildman–Crippen MR) is 117 cm³/mol. The molecule has 2 aliphatic rings. The van der Waals surface area contributed by atoms with E-state index >= 15 is 0 Å². The van der Waals surface area contributed by atoms with Crippen LogP contribution in [0.1, 0.15) is 58.9 Å². The lowest BCUT2D eigenvalue weighted by atomic mass is 9.87. The monoisotopic (exact) mass is 435 g/mol. The van der Waals surface area contributed by atoms with Crippen LogP contribution >= 0.6 is 0 Å². The van der Waals surface area contributed by atoms with Gasteiger partial charge in [-0.2, -0.15) is 0 Å². The molecule has 1 fully saturated rings. The maximum atomic E-state index is 13.4. The number of hydrogen-bond donors (Lipinski definition) is 1. The number of benzene rings is 2. The van der Waals surface area contributed by atoms with Crippen molar-refractivity contribution in [3.63, 3.8) is 0 Å². The molecule has 1 aliphatic carbocycles. The number of nitrogens with one attached hydrogen (secondary N) is 1. The zero-order valence-corrected chi connectivity index (χ0v) is 17.8. The Bertz CT molecular complexity index is 1030. The first-order valence-corrected chi connectivity index (χ1v) is 10.9. The molecule has 1 N–H and O–H groups in total. The third-order valence-corrected chi connectivity index (χ3v) is 6.30. The van der Waals surface area contributed by atoms with Crippen molar-refractivity contribution >= 4 is 23.4 Å². The van der Waals surface area contributed by atoms with Crippen LogP contribution in [-0.4, -0.2) is 39.6 Å². The smallest absolute Gasteiger partial charge is 0.269 e. The maximum absolute atomic E-state index is 13.4. The molecule has 8 nitrogen and oxygen atoms in total. The van der Waals surface area contributed by atoms with Crippen molar-refractivity contribution in [1.29, 1.82) is 0 Å². The van der Waals surface area contributed by atoms with Gasteiger partial charge in [0, 0.05) is 24.6 Å². The highest BCUT2D eigenvalue weighted by Crippen LogP contribution is 2.28. The van der Waals surface area contributed by atoms with Gasteiger partial charge in [0.15, 0.2) is 0 Å². The van der Waals surface area contributed by atoms with Crippen molar-refractivity contribution in [2.45, 2.75) is 51.1 Å². The van der Waals surface area contributed by atoms with Crippen molar-refractivity contribution in [3.8, 4) is 0 Å². The molecule has 8 heteroatoms. The molecule has 0 bridgehead atoms. The van der Waals surface area contributed by atoms with E-state index < -0.39 is 22.8 Å². The molecule has 3 amide bonds. The van der Waals surface area contributed by atoms with Gasteiger partial charge in [-0.1, -0.05) is 44.0 Å². The molecule has 1 saturated carbocycles. The number of imide groups is 1. The molecule has 0 radical (unpaired) electrons. The van der Waals surface area contributed by atoms with Crippen molar-refractivity contribution in [3.05, 3.63) is 75.3 Å². The number of non-ortho nitro benzene ring substituents is 1. The fourth-order valence-electron chi connectivity index (χ4n) is 4.63. The summed E-state index contributed by atoms with van der Waals surface area (Å²) in [4.78, 5) is 51.0. The van der Waals surface area contributed by atoms with Crippen LogP contribution in [0.4, 0.5) is 5.69 Å². The number of nitrogens with zero attached hydrogens (tertiary/aromatic N) is 2. The van der Waals surface area contributed by atoms with Gasteiger partial charge in [-0.15, -0.1) is 0 Å². The lowest BCUT2D eigenvalue weighted by molar-refractivity contribution is -0.384. The van der Waals surface area contributed by atoms with E-state index in [1.807, 2.05) is 0 Å².